The number of nitrogens with zero attached hydrogens (tertiary/aromatic N) is 1. The number of rotatable bonds is 3. The van der Waals surface area contributed by atoms with Gasteiger partial charge >= 0.3 is 0 Å². The highest BCUT2D eigenvalue weighted by Crippen LogP contribution is 2.35. The van der Waals surface area contributed by atoms with Crippen LogP contribution in [0.15, 0.2) is 29.1 Å². The van der Waals surface area contributed by atoms with E-state index < -0.39 is 0 Å². The molecule has 0 unspecified atom stereocenters. The molecule has 2 fully saturated rings. The first-order chi connectivity index (χ1) is 8.38. The summed E-state index contributed by atoms with van der Waals surface area (Å²) in [6.45, 7) is 1.17. The summed E-state index contributed by atoms with van der Waals surface area (Å²) in [6.07, 6.45) is 9.63. The molecule has 17 heavy (non-hydrogen) atoms. The monoisotopic (exact) mass is 235 g/mol. The molecular formula is C13H17NO3. The molecule has 0 saturated carbocycles. The van der Waals surface area contributed by atoms with Crippen LogP contribution in [0.25, 0.3) is 6.08 Å². The fraction of sp³-hybridized carbons (Fsp3) is 0.538. The molecule has 0 radical (unpaired) electrons. The molecule has 3 rings (SSSR count). The van der Waals surface area contributed by atoms with Gasteiger partial charge in [-0.3, -0.25) is 4.84 Å². The van der Waals surface area contributed by atoms with Crippen LogP contribution in [0.1, 0.15) is 18.4 Å². The minimum absolute atomic E-state index is 0.0137. The summed E-state index contributed by atoms with van der Waals surface area (Å²) >= 11 is 0. The zero-order valence-electron chi connectivity index (χ0n) is 9.66. The van der Waals surface area contributed by atoms with Crippen LogP contribution in [-0.2, 0) is 4.84 Å². The number of hydroxylamine groups is 2. The van der Waals surface area contributed by atoms with Crippen molar-refractivity contribution in [3.05, 3.63) is 30.2 Å². The van der Waals surface area contributed by atoms with E-state index >= 15 is 0 Å². The average molecular weight is 235 g/mol. The number of aliphatic hydroxyl groups is 1. The van der Waals surface area contributed by atoms with E-state index in [0.717, 1.165) is 18.5 Å². The number of fused-ring (bicyclic) bond motifs is 1. The first-order valence-corrected chi connectivity index (χ1v) is 6.13. The molecule has 0 amide bonds. The van der Waals surface area contributed by atoms with Crippen molar-refractivity contribution in [1.29, 1.82) is 0 Å². The van der Waals surface area contributed by atoms with Crippen molar-refractivity contribution in [3.8, 4) is 0 Å². The zero-order chi connectivity index (χ0) is 11.7. The van der Waals surface area contributed by atoms with Gasteiger partial charge in [-0.25, -0.2) is 0 Å². The van der Waals surface area contributed by atoms with E-state index in [2.05, 4.69) is 0 Å². The van der Waals surface area contributed by atoms with Crippen LogP contribution < -0.4 is 0 Å². The van der Waals surface area contributed by atoms with Crippen molar-refractivity contribution in [3.63, 3.8) is 0 Å². The minimum Gasteiger partial charge on any atom is -0.472 e. The third-order valence-electron chi connectivity index (χ3n) is 3.65. The Kier molecular flexibility index (Phi) is 3.01. The molecular weight excluding hydrogens is 218 g/mol. The van der Waals surface area contributed by atoms with Crippen molar-refractivity contribution >= 4 is 6.08 Å². The number of aliphatic hydroxyl groups excluding tert-OH is 1. The fourth-order valence-electron chi connectivity index (χ4n) is 2.76. The summed E-state index contributed by atoms with van der Waals surface area (Å²) in [5.74, 6) is 0.195. The molecule has 2 aliphatic heterocycles. The Hall–Kier alpha value is -1.10. The lowest BCUT2D eigenvalue weighted by molar-refractivity contribution is -0.135. The number of hydrogen-bond donors (Lipinski definition) is 1. The second-order valence-electron chi connectivity index (χ2n) is 4.68. The Morgan fingerprint density at radius 1 is 1.53 bits per heavy atom. The van der Waals surface area contributed by atoms with Crippen LogP contribution >= 0.6 is 0 Å². The Morgan fingerprint density at radius 2 is 2.47 bits per heavy atom. The van der Waals surface area contributed by atoms with Gasteiger partial charge in [0.1, 0.15) is 6.10 Å². The number of hydrogen-bond acceptors (Lipinski definition) is 4. The maximum absolute atomic E-state index is 9.48. The van der Waals surface area contributed by atoms with Crippen molar-refractivity contribution in [1.82, 2.24) is 5.06 Å². The molecule has 2 saturated heterocycles. The normalized spacial score (nSPS) is 33.6. The van der Waals surface area contributed by atoms with Gasteiger partial charge in [-0.1, -0.05) is 12.2 Å². The Bertz CT molecular complexity index is 387. The standard InChI is InChI=1S/C13H17NO3/c15-8-11-12-2-1-6-14(12)17-13(11)4-3-10-5-7-16-9-10/h3-5,7,9,11-13,15H,1-2,6,8H2/b4-3-/t11-,12+,13+/m1/s1. The molecule has 2 aliphatic rings. The van der Waals surface area contributed by atoms with Crippen LogP contribution in [0.3, 0.4) is 0 Å². The first-order valence-electron chi connectivity index (χ1n) is 6.13. The summed E-state index contributed by atoms with van der Waals surface area (Å²) in [5, 5.41) is 11.5. The van der Waals surface area contributed by atoms with E-state index in [0.29, 0.717) is 6.04 Å². The van der Waals surface area contributed by atoms with Gasteiger partial charge in [0.2, 0.25) is 0 Å². The van der Waals surface area contributed by atoms with Crippen molar-refractivity contribution < 1.29 is 14.4 Å². The van der Waals surface area contributed by atoms with Crippen molar-refractivity contribution in [2.45, 2.75) is 25.0 Å². The third-order valence-corrected chi connectivity index (χ3v) is 3.65. The largest absolute Gasteiger partial charge is 0.472 e. The summed E-state index contributed by atoms with van der Waals surface area (Å²) in [7, 11) is 0. The summed E-state index contributed by atoms with van der Waals surface area (Å²) in [6, 6.07) is 2.29. The van der Waals surface area contributed by atoms with Gasteiger partial charge in [0.05, 0.1) is 19.1 Å². The number of furan rings is 1. The lowest BCUT2D eigenvalue weighted by Gasteiger charge is -2.15. The lowest BCUT2D eigenvalue weighted by atomic mass is 9.94. The minimum atomic E-state index is -0.0137. The predicted octanol–water partition coefficient (Wildman–Crippen LogP) is 1.68. The van der Waals surface area contributed by atoms with Crippen molar-refractivity contribution in [2.75, 3.05) is 13.2 Å². The van der Waals surface area contributed by atoms with E-state index in [4.69, 9.17) is 9.25 Å². The highest BCUT2D eigenvalue weighted by Gasteiger charge is 2.43. The molecule has 0 aliphatic carbocycles. The van der Waals surface area contributed by atoms with Gasteiger partial charge in [-0.2, -0.15) is 5.06 Å². The molecule has 1 N–H and O–H groups in total. The average Bonchev–Trinajstić information content (AvgIpc) is 3.02. The van der Waals surface area contributed by atoms with Crippen LogP contribution in [0.5, 0.6) is 0 Å². The van der Waals surface area contributed by atoms with Gasteiger partial charge in [-0.15, -0.1) is 0 Å². The van der Waals surface area contributed by atoms with Gasteiger partial charge < -0.3 is 9.52 Å². The molecule has 4 heteroatoms. The fourth-order valence-corrected chi connectivity index (χ4v) is 2.76. The Morgan fingerprint density at radius 3 is 3.24 bits per heavy atom. The van der Waals surface area contributed by atoms with Gasteiger partial charge in [0.25, 0.3) is 0 Å². The molecule has 92 valence electrons. The van der Waals surface area contributed by atoms with E-state index in [9.17, 15) is 5.11 Å². The predicted molar refractivity (Wildman–Crippen MR) is 62.9 cm³/mol. The quantitative estimate of drug-likeness (QED) is 0.865. The molecule has 4 nitrogen and oxygen atoms in total. The Labute approximate surface area is 100 Å². The highest BCUT2D eigenvalue weighted by atomic mass is 16.7. The molecule has 0 spiro atoms. The summed E-state index contributed by atoms with van der Waals surface area (Å²) in [4.78, 5) is 5.84. The topological polar surface area (TPSA) is 45.8 Å². The zero-order valence-corrected chi connectivity index (χ0v) is 9.66. The molecule has 0 aromatic carbocycles. The lowest BCUT2D eigenvalue weighted by Crippen LogP contribution is -2.28. The van der Waals surface area contributed by atoms with Gasteiger partial charge in [0.15, 0.2) is 0 Å². The summed E-state index contributed by atoms with van der Waals surface area (Å²) in [5.41, 5.74) is 1.03. The molecule has 3 heterocycles. The second-order valence-corrected chi connectivity index (χ2v) is 4.68. The molecule has 3 atom stereocenters. The van der Waals surface area contributed by atoms with E-state index in [1.807, 2.05) is 23.3 Å². The van der Waals surface area contributed by atoms with E-state index in [1.54, 1.807) is 12.5 Å². The highest BCUT2D eigenvalue weighted by molar-refractivity contribution is 5.47. The van der Waals surface area contributed by atoms with Gasteiger partial charge in [-0.05, 0) is 18.9 Å². The second kappa shape index (κ2) is 4.64. The summed E-state index contributed by atoms with van der Waals surface area (Å²) < 4.78 is 5.01. The van der Waals surface area contributed by atoms with Gasteiger partial charge in [0, 0.05) is 24.1 Å². The van der Waals surface area contributed by atoms with Crippen LogP contribution in [0.4, 0.5) is 0 Å². The maximum Gasteiger partial charge on any atom is 0.104 e. The molecule has 0 bridgehead atoms. The van der Waals surface area contributed by atoms with E-state index in [1.165, 1.54) is 6.42 Å². The SMILES string of the molecule is OC[C@H]1[C@H](/C=C\c2ccoc2)ON2CCC[C@@H]12. The van der Waals surface area contributed by atoms with Crippen LogP contribution in [0.2, 0.25) is 0 Å². The molecule has 1 aromatic heterocycles. The molecule has 1 aromatic rings. The van der Waals surface area contributed by atoms with Crippen LogP contribution in [-0.4, -0.2) is 35.5 Å². The Balaban J connectivity index is 1.71. The smallest absolute Gasteiger partial charge is 0.104 e. The van der Waals surface area contributed by atoms with Crippen molar-refractivity contribution in [2.24, 2.45) is 5.92 Å². The van der Waals surface area contributed by atoms with E-state index in [-0.39, 0.29) is 18.6 Å². The first kappa shape index (κ1) is 11.0. The van der Waals surface area contributed by atoms with Crippen LogP contribution in [0, 0.1) is 5.92 Å². The third kappa shape index (κ3) is 2.04. The maximum atomic E-state index is 9.48.